The van der Waals surface area contributed by atoms with Crippen molar-refractivity contribution in [2.45, 2.75) is 13.0 Å². The molecule has 1 rings (SSSR count). The minimum Gasteiger partial charge on any atom is -0.465 e. The highest BCUT2D eigenvalue weighted by atomic mass is 16.5. The number of esters is 1. The number of nitrogens with zero attached hydrogens (tertiary/aromatic N) is 1. The first-order valence-corrected chi connectivity index (χ1v) is 4.96. The molecular weight excluding hydrogens is 210 g/mol. The molecule has 0 aliphatic carbocycles. The van der Waals surface area contributed by atoms with Crippen LogP contribution in [0, 0.1) is 0 Å². The van der Waals surface area contributed by atoms with Gasteiger partial charge in [0, 0.05) is 26.5 Å². The summed E-state index contributed by atoms with van der Waals surface area (Å²) in [6.45, 7) is 1.25. The zero-order chi connectivity index (χ0) is 12.0. The minimum absolute atomic E-state index is 0.301. The van der Waals surface area contributed by atoms with Crippen molar-refractivity contribution in [3.63, 3.8) is 0 Å². The van der Waals surface area contributed by atoms with E-state index >= 15 is 0 Å². The van der Waals surface area contributed by atoms with Crippen LogP contribution in [0.15, 0.2) is 12.3 Å². The van der Waals surface area contributed by atoms with Crippen LogP contribution in [0.5, 0.6) is 0 Å². The summed E-state index contributed by atoms with van der Waals surface area (Å²) in [5.74, 6) is -0.493. The lowest BCUT2D eigenvalue weighted by Gasteiger charge is -2.05. The number of aromatic nitrogens is 1. The molecule has 1 aromatic rings. The Morgan fingerprint density at radius 3 is 2.81 bits per heavy atom. The lowest BCUT2D eigenvalue weighted by Crippen LogP contribution is -2.08. The SMILES string of the molecule is COCCCn1ccc(C(=O)OC)c1C=O. The smallest absolute Gasteiger partial charge is 0.340 e. The summed E-state index contributed by atoms with van der Waals surface area (Å²) in [5.41, 5.74) is 0.651. The Bertz CT molecular complexity index is 370. The van der Waals surface area contributed by atoms with Crippen molar-refractivity contribution < 1.29 is 19.1 Å². The minimum atomic E-state index is -0.493. The number of aryl methyl sites for hydroxylation is 1. The Morgan fingerprint density at radius 2 is 2.25 bits per heavy atom. The van der Waals surface area contributed by atoms with Gasteiger partial charge in [-0.05, 0) is 12.5 Å². The highest BCUT2D eigenvalue weighted by Crippen LogP contribution is 2.11. The van der Waals surface area contributed by atoms with Gasteiger partial charge in [-0.3, -0.25) is 4.79 Å². The zero-order valence-electron chi connectivity index (χ0n) is 9.43. The molecule has 0 radical (unpaired) electrons. The fourth-order valence-corrected chi connectivity index (χ4v) is 1.47. The lowest BCUT2D eigenvalue weighted by atomic mass is 10.2. The van der Waals surface area contributed by atoms with Crippen LogP contribution in [0.1, 0.15) is 27.3 Å². The quantitative estimate of drug-likeness (QED) is 0.413. The van der Waals surface area contributed by atoms with Crippen LogP contribution < -0.4 is 0 Å². The van der Waals surface area contributed by atoms with E-state index < -0.39 is 5.97 Å². The third kappa shape index (κ3) is 2.70. The molecule has 5 heteroatoms. The normalized spacial score (nSPS) is 10.1. The summed E-state index contributed by atoms with van der Waals surface area (Å²) >= 11 is 0. The average molecular weight is 225 g/mol. The molecule has 0 N–H and O–H groups in total. The molecule has 0 saturated carbocycles. The van der Waals surface area contributed by atoms with Gasteiger partial charge in [-0.1, -0.05) is 0 Å². The van der Waals surface area contributed by atoms with Crippen LogP contribution in [0.25, 0.3) is 0 Å². The summed E-state index contributed by atoms with van der Waals surface area (Å²) in [6.07, 6.45) is 3.15. The maximum Gasteiger partial charge on any atom is 0.340 e. The molecule has 88 valence electrons. The highest BCUT2D eigenvalue weighted by Gasteiger charge is 2.15. The fourth-order valence-electron chi connectivity index (χ4n) is 1.47. The Balaban J connectivity index is 2.82. The predicted molar refractivity (Wildman–Crippen MR) is 57.7 cm³/mol. The Kier molecular flexibility index (Phi) is 4.72. The number of rotatable bonds is 6. The molecule has 5 nitrogen and oxygen atoms in total. The first kappa shape index (κ1) is 12.4. The molecule has 0 aliphatic rings. The molecule has 1 aromatic heterocycles. The van der Waals surface area contributed by atoms with Crippen LogP contribution in [0.2, 0.25) is 0 Å². The van der Waals surface area contributed by atoms with Gasteiger partial charge in [-0.2, -0.15) is 0 Å². The van der Waals surface area contributed by atoms with Crippen molar-refractivity contribution in [3.05, 3.63) is 23.5 Å². The number of methoxy groups -OCH3 is 2. The lowest BCUT2D eigenvalue weighted by molar-refractivity contribution is 0.0598. The van der Waals surface area contributed by atoms with Gasteiger partial charge >= 0.3 is 5.97 Å². The van der Waals surface area contributed by atoms with Crippen molar-refractivity contribution in [1.82, 2.24) is 4.57 Å². The zero-order valence-corrected chi connectivity index (χ0v) is 9.43. The van der Waals surface area contributed by atoms with Crippen molar-refractivity contribution in [1.29, 1.82) is 0 Å². The molecule has 0 saturated heterocycles. The molecule has 0 bridgehead atoms. The van der Waals surface area contributed by atoms with Crippen molar-refractivity contribution in [2.75, 3.05) is 20.8 Å². The monoisotopic (exact) mass is 225 g/mol. The van der Waals surface area contributed by atoms with E-state index in [2.05, 4.69) is 4.74 Å². The topological polar surface area (TPSA) is 57.5 Å². The van der Waals surface area contributed by atoms with E-state index in [4.69, 9.17) is 4.74 Å². The first-order chi connectivity index (χ1) is 7.74. The third-order valence-electron chi connectivity index (χ3n) is 2.27. The van der Waals surface area contributed by atoms with Gasteiger partial charge in [-0.25, -0.2) is 4.79 Å². The van der Waals surface area contributed by atoms with Crippen molar-refractivity contribution in [2.24, 2.45) is 0 Å². The highest BCUT2D eigenvalue weighted by molar-refractivity contribution is 5.97. The Morgan fingerprint density at radius 1 is 1.50 bits per heavy atom. The van der Waals surface area contributed by atoms with Crippen molar-refractivity contribution >= 4 is 12.3 Å². The van der Waals surface area contributed by atoms with Gasteiger partial charge in [0.1, 0.15) is 0 Å². The molecule has 0 unspecified atom stereocenters. The number of carbonyl (C=O) groups is 2. The van der Waals surface area contributed by atoms with E-state index in [1.807, 2.05) is 0 Å². The average Bonchev–Trinajstić information content (AvgIpc) is 2.71. The maximum absolute atomic E-state index is 11.3. The van der Waals surface area contributed by atoms with E-state index in [-0.39, 0.29) is 0 Å². The van der Waals surface area contributed by atoms with Gasteiger partial charge in [0.15, 0.2) is 6.29 Å². The molecule has 0 aliphatic heterocycles. The summed E-state index contributed by atoms with van der Waals surface area (Å²) in [5, 5.41) is 0. The Hall–Kier alpha value is -1.62. The molecule has 0 amide bonds. The maximum atomic E-state index is 11.3. The van der Waals surface area contributed by atoms with E-state index in [0.717, 1.165) is 6.42 Å². The Labute approximate surface area is 94.0 Å². The molecule has 0 fully saturated rings. The van der Waals surface area contributed by atoms with Crippen LogP contribution in [0.3, 0.4) is 0 Å². The second-order valence-electron chi connectivity index (χ2n) is 3.26. The van der Waals surface area contributed by atoms with Crippen LogP contribution in [0.4, 0.5) is 0 Å². The number of aldehydes is 1. The summed E-state index contributed by atoms with van der Waals surface area (Å²) in [6, 6.07) is 1.59. The van der Waals surface area contributed by atoms with E-state index in [9.17, 15) is 9.59 Å². The van der Waals surface area contributed by atoms with Crippen LogP contribution >= 0.6 is 0 Å². The third-order valence-corrected chi connectivity index (χ3v) is 2.27. The molecule has 0 spiro atoms. The summed E-state index contributed by atoms with van der Waals surface area (Å²) < 4.78 is 11.2. The molecule has 0 atom stereocenters. The van der Waals surface area contributed by atoms with Crippen LogP contribution in [-0.4, -0.2) is 37.6 Å². The molecular formula is C11H15NO4. The number of carbonyl (C=O) groups excluding carboxylic acids is 2. The van der Waals surface area contributed by atoms with Crippen molar-refractivity contribution in [3.8, 4) is 0 Å². The first-order valence-electron chi connectivity index (χ1n) is 4.96. The number of ether oxygens (including phenoxy) is 2. The molecule has 0 aromatic carbocycles. The van der Waals surface area contributed by atoms with Gasteiger partial charge in [0.2, 0.25) is 0 Å². The standard InChI is InChI=1S/C11H15NO4/c1-15-7-3-5-12-6-4-9(10(12)8-13)11(14)16-2/h4,6,8H,3,5,7H2,1-2H3. The van der Waals surface area contributed by atoms with E-state index in [1.54, 1.807) is 23.9 Å². The van der Waals surface area contributed by atoms with Crippen LogP contribution in [-0.2, 0) is 16.0 Å². The largest absolute Gasteiger partial charge is 0.465 e. The fraction of sp³-hybridized carbons (Fsp3) is 0.455. The number of hydrogen-bond donors (Lipinski definition) is 0. The van der Waals surface area contributed by atoms with Gasteiger partial charge in [-0.15, -0.1) is 0 Å². The predicted octanol–water partition coefficient (Wildman–Crippen LogP) is 1.12. The second kappa shape index (κ2) is 6.07. The molecule has 16 heavy (non-hydrogen) atoms. The summed E-state index contributed by atoms with van der Waals surface area (Å²) in [7, 11) is 2.91. The second-order valence-corrected chi connectivity index (χ2v) is 3.26. The number of hydrogen-bond acceptors (Lipinski definition) is 4. The summed E-state index contributed by atoms with van der Waals surface area (Å²) in [4.78, 5) is 22.2. The van der Waals surface area contributed by atoms with E-state index in [1.165, 1.54) is 7.11 Å². The van der Waals surface area contributed by atoms with Gasteiger partial charge in [0.05, 0.1) is 18.4 Å². The van der Waals surface area contributed by atoms with E-state index in [0.29, 0.717) is 30.7 Å². The molecule has 1 heterocycles. The van der Waals surface area contributed by atoms with Gasteiger partial charge in [0.25, 0.3) is 0 Å². The van der Waals surface area contributed by atoms with Gasteiger partial charge < -0.3 is 14.0 Å².